The quantitative estimate of drug-likeness (QED) is 0.654. The van der Waals surface area contributed by atoms with Crippen molar-refractivity contribution < 1.29 is 19.7 Å². The standard InChI is InChI=1S/C18H22O4S2/c1-13(19)11-21-15-5-3-7-17(9-15)23-24-18-8-4-6-16(10-18)22-12-14(2)20/h3-10,13-14,19-20H,11-12H2,1-2H3. The van der Waals surface area contributed by atoms with Gasteiger partial charge in [-0.15, -0.1) is 0 Å². The van der Waals surface area contributed by atoms with E-state index in [1.54, 1.807) is 35.4 Å². The van der Waals surface area contributed by atoms with Gasteiger partial charge in [0.15, 0.2) is 0 Å². The summed E-state index contributed by atoms with van der Waals surface area (Å²) < 4.78 is 11.0. The molecule has 0 aromatic heterocycles. The first kappa shape index (κ1) is 19.0. The molecule has 0 radical (unpaired) electrons. The highest BCUT2D eigenvalue weighted by molar-refractivity contribution is 8.76. The number of aliphatic hydroxyl groups is 2. The van der Waals surface area contributed by atoms with E-state index in [4.69, 9.17) is 9.47 Å². The van der Waals surface area contributed by atoms with Gasteiger partial charge in [0.25, 0.3) is 0 Å². The second-order valence-electron chi connectivity index (χ2n) is 5.44. The van der Waals surface area contributed by atoms with Crippen molar-refractivity contribution in [1.29, 1.82) is 0 Å². The van der Waals surface area contributed by atoms with Crippen LogP contribution in [0.2, 0.25) is 0 Å². The van der Waals surface area contributed by atoms with Gasteiger partial charge in [-0.1, -0.05) is 33.7 Å². The molecule has 4 nitrogen and oxygen atoms in total. The highest BCUT2D eigenvalue weighted by Crippen LogP contribution is 2.39. The Hall–Kier alpha value is -1.34. The van der Waals surface area contributed by atoms with Gasteiger partial charge in [-0.25, -0.2) is 0 Å². The van der Waals surface area contributed by atoms with E-state index in [-0.39, 0.29) is 13.2 Å². The van der Waals surface area contributed by atoms with Crippen LogP contribution in [-0.4, -0.2) is 35.6 Å². The highest BCUT2D eigenvalue weighted by atomic mass is 33.1. The molecule has 2 aromatic rings. The lowest BCUT2D eigenvalue weighted by Gasteiger charge is -2.10. The van der Waals surface area contributed by atoms with E-state index in [0.717, 1.165) is 21.3 Å². The number of hydrogen-bond donors (Lipinski definition) is 2. The molecule has 0 saturated carbocycles. The minimum Gasteiger partial charge on any atom is -0.491 e. The molecule has 24 heavy (non-hydrogen) atoms. The lowest BCUT2D eigenvalue weighted by Crippen LogP contribution is -2.12. The molecule has 0 aliphatic rings. The molecule has 2 aromatic carbocycles. The number of rotatable bonds is 9. The first-order valence-electron chi connectivity index (χ1n) is 7.69. The summed E-state index contributed by atoms with van der Waals surface area (Å²) in [5, 5.41) is 18.6. The molecule has 0 bridgehead atoms. The van der Waals surface area contributed by atoms with E-state index in [2.05, 4.69) is 0 Å². The van der Waals surface area contributed by atoms with Crippen molar-refractivity contribution in [2.24, 2.45) is 0 Å². The van der Waals surface area contributed by atoms with Crippen molar-refractivity contribution in [3.05, 3.63) is 48.5 Å². The maximum atomic E-state index is 9.28. The van der Waals surface area contributed by atoms with E-state index >= 15 is 0 Å². The van der Waals surface area contributed by atoms with Gasteiger partial charge >= 0.3 is 0 Å². The number of benzene rings is 2. The number of hydrogen-bond acceptors (Lipinski definition) is 6. The second kappa shape index (κ2) is 9.84. The van der Waals surface area contributed by atoms with Crippen LogP contribution in [0.1, 0.15) is 13.8 Å². The molecule has 0 aliphatic heterocycles. The Balaban J connectivity index is 1.91. The van der Waals surface area contributed by atoms with Crippen LogP contribution in [0.5, 0.6) is 11.5 Å². The Morgan fingerprint density at radius 3 is 1.58 bits per heavy atom. The average Bonchev–Trinajstić information content (AvgIpc) is 2.57. The normalized spacial score (nSPS) is 13.3. The Kier molecular flexibility index (Phi) is 7.78. The SMILES string of the molecule is CC(O)COc1cccc(SSc2cccc(OCC(C)O)c2)c1. The van der Waals surface area contributed by atoms with Crippen molar-refractivity contribution in [1.82, 2.24) is 0 Å². The van der Waals surface area contributed by atoms with Crippen LogP contribution >= 0.6 is 21.6 Å². The van der Waals surface area contributed by atoms with Crippen molar-refractivity contribution in [2.75, 3.05) is 13.2 Å². The van der Waals surface area contributed by atoms with Gasteiger partial charge in [0, 0.05) is 9.79 Å². The van der Waals surface area contributed by atoms with E-state index in [1.807, 2.05) is 48.5 Å². The molecule has 0 heterocycles. The third-order valence-corrected chi connectivity index (χ3v) is 5.21. The fourth-order valence-corrected chi connectivity index (χ4v) is 3.75. The molecule has 0 spiro atoms. The second-order valence-corrected chi connectivity index (χ2v) is 7.71. The van der Waals surface area contributed by atoms with Crippen LogP contribution in [0.15, 0.2) is 58.3 Å². The van der Waals surface area contributed by atoms with Gasteiger partial charge in [-0.3, -0.25) is 0 Å². The lowest BCUT2D eigenvalue weighted by atomic mass is 10.3. The summed E-state index contributed by atoms with van der Waals surface area (Å²) in [7, 11) is 3.25. The van der Waals surface area contributed by atoms with Gasteiger partial charge in [-0.05, 0) is 50.2 Å². The zero-order valence-electron chi connectivity index (χ0n) is 13.7. The smallest absolute Gasteiger partial charge is 0.120 e. The third kappa shape index (κ3) is 7.05. The first-order chi connectivity index (χ1) is 11.5. The Morgan fingerprint density at radius 2 is 1.21 bits per heavy atom. The summed E-state index contributed by atoms with van der Waals surface area (Å²) in [5.41, 5.74) is 0. The fourth-order valence-electron chi connectivity index (χ4n) is 1.76. The van der Waals surface area contributed by atoms with Gasteiger partial charge in [0.2, 0.25) is 0 Å². The monoisotopic (exact) mass is 366 g/mol. The number of ether oxygens (including phenoxy) is 2. The Labute approximate surface area is 150 Å². The third-order valence-electron chi connectivity index (χ3n) is 2.83. The van der Waals surface area contributed by atoms with Crippen LogP contribution in [0, 0.1) is 0 Å². The molecule has 130 valence electrons. The van der Waals surface area contributed by atoms with Gasteiger partial charge < -0.3 is 19.7 Å². The van der Waals surface area contributed by atoms with Crippen molar-refractivity contribution in [2.45, 2.75) is 35.8 Å². The topological polar surface area (TPSA) is 58.9 Å². The highest BCUT2D eigenvalue weighted by Gasteiger charge is 2.04. The summed E-state index contributed by atoms with van der Waals surface area (Å²) in [5.74, 6) is 1.49. The fraction of sp³-hybridized carbons (Fsp3) is 0.333. The molecule has 2 rings (SSSR count). The zero-order valence-corrected chi connectivity index (χ0v) is 15.3. The van der Waals surface area contributed by atoms with Gasteiger partial charge in [0.05, 0.1) is 12.2 Å². The molecular weight excluding hydrogens is 344 g/mol. The predicted molar refractivity (Wildman–Crippen MR) is 98.9 cm³/mol. The van der Waals surface area contributed by atoms with E-state index in [0.29, 0.717) is 0 Å². The molecule has 2 N–H and O–H groups in total. The summed E-state index contributed by atoms with van der Waals surface area (Å²) in [6, 6.07) is 15.6. The minimum absolute atomic E-state index is 0.282. The molecule has 0 amide bonds. The minimum atomic E-state index is -0.486. The number of aliphatic hydroxyl groups excluding tert-OH is 2. The summed E-state index contributed by atoms with van der Waals surface area (Å²) in [6.45, 7) is 3.95. The van der Waals surface area contributed by atoms with Crippen molar-refractivity contribution >= 4 is 21.6 Å². The van der Waals surface area contributed by atoms with Crippen LogP contribution in [0.4, 0.5) is 0 Å². The molecular formula is C18H22O4S2. The van der Waals surface area contributed by atoms with Crippen LogP contribution in [-0.2, 0) is 0 Å². The molecule has 0 saturated heterocycles. The van der Waals surface area contributed by atoms with Crippen LogP contribution in [0.25, 0.3) is 0 Å². The Morgan fingerprint density at radius 1 is 0.792 bits per heavy atom. The lowest BCUT2D eigenvalue weighted by molar-refractivity contribution is 0.122. The van der Waals surface area contributed by atoms with Crippen LogP contribution < -0.4 is 9.47 Å². The zero-order chi connectivity index (χ0) is 17.4. The summed E-state index contributed by atoms with van der Waals surface area (Å²) in [6.07, 6.45) is -0.972. The molecule has 2 atom stereocenters. The van der Waals surface area contributed by atoms with E-state index < -0.39 is 12.2 Å². The largest absolute Gasteiger partial charge is 0.491 e. The first-order valence-corrected chi connectivity index (χ1v) is 9.84. The van der Waals surface area contributed by atoms with Gasteiger partial charge in [-0.2, -0.15) is 0 Å². The summed E-state index contributed by atoms with van der Waals surface area (Å²) >= 11 is 0. The molecule has 6 heteroatoms. The van der Waals surface area contributed by atoms with Crippen molar-refractivity contribution in [3.63, 3.8) is 0 Å². The summed E-state index contributed by atoms with van der Waals surface area (Å²) in [4.78, 5) is 2.14. The predicted octanol–water partition coefficient (Wildman–Crippen LogP) is 4.01. The Bertz CT molecular complexity index is 576. The van der Waals surface area contributed by atoms with Crippen LogP contribution in [0.3, 0.4) is 0 Å². The van der Waals surface area contributed by atoms with Crippen molar-refractivity contribution in [3.8, 4) is 11.5 Å². The molecule has 0 aliphatic carbocycles. The van der Waals surface area contributed by atoms with Gasteiger partial charge in [0.1, 0.15) is 24.7 Å². The molecule has 2 unspecified atom stereocenters. The van der Waals surface area contributed by atoms with E-state index in [9.17, 15) is 10.2 Å². The average molecular weight is 367 g/mol. The molecule has 0 fully saturated rings. The maximum absolute atomic E-state index is 9.28. The van der Waals surface area contributed by atoms with E-state index in [1.165, 1.54) is 0 Å². The maximum Gasteiger partial charge on any atom is 0.120 e.